The molecule has 0 atom stereocenters. The standard InChI is InChI=1S/C26H26N4O2/c1-18-12-14-29(15-13-18)26(31)24-16-22(20-8-10-21(32-2)11-9-20)27-25-17-23(28-30(24)25)19-6-4-3-5-7-19/h3-11,16-18H,12-15H2,1-2H3. The van der Waals surface area contributed by atoms with E-state index in [2.05, 4.69) is 6.92 Å². The number of likely N-dealkylation sites (tertiary alicyclic amines) is 1. The van der Waals surface area contributed by atoms with E-state index < -0.39 is 0 Å². The second-order valence-corrected chi connectivity index (χ2v) is 8.40. The number of hydrogen-bond acceptors (Lipinski definition) is 4. The number of piperidine rings is 1. The second-order valence-electron chi connectivity index (χ2n) is 8.40. The predicted molar refractivity (Wildman–Crippen MR) is 125 cm³/mol. The Morgan fingerprint density at radius 1 is 0.938 bits per heavy atom. The van der Waals surface area contributed by atoms with Crippen molar-refractivity contribution in [1.29, 1.82) is 0 Å². The van der Waals surface area contributed by atoms with Crippen LogP contribution in [0.2, 0.25) is 0 Å². The van der Waals surface area contributed by atoms with Gasteiger partial charge in [-0.3, -0.25) is 4.79 Å². The maximum atomic E-state index is 13.6. The van der Waals surface area contributed by atoms with Crippen LogP contribution in [0.4, 0.5) is 0 Å². The van der Waals surface area contributed by atoms with Gasteiger partial charge in [-0.1, -0.05) is 37.3 Å². The van der Waals surface area contributed by atoms with Crippen molar-refractivity contribution in [3.63, 3.8) is 0 Å². The summed E-state index contributed by atoms with van der Waals surface area (Å²) in [6, 6.07) is 21.5. The molecule has 2 aromatic carbocycles. The number of ether oxygens (including phenoxy) is 1. The molecule has 1 saturated heterocycles. The Morgan fingerprint density at radius 2 is 1.62 bits per heavy atom. The van der Waals surface area contributed by atoms with Crippen molar-refractivity contribution in [2.45, 2.75) is 19.8 Å². The van der Waals surface area contributed by atoms with Crippen LogP contribution >= 0.6 is 0 Å². The Labute approximate surface area is 187 Å². The first-order valence-electron chi connectivity index (χ1n) is 11.0. The zero-order chi connectivity index (χ0) is 22.1. The number of aromatic nitrogens is 3. The zero-order valence-electron chi connectivity index (χ0n) is 18.4. The van der Waals surface area contributed by atoms with Crippen LogP contribution in [0.1, 0.15) is 30.3 Å². The molecule has 1 aliphatic heterocycles. The zero-order valence-corrected chi connectivity index (χ0v) is 18.4. The first-order chi connectivity index (χ1) is 15.6. The highest BCUT2D eigenvalue weighted by Gasteiger charge is 2.25. The Kier molecular flexibility index (Phi) is 5.35. The average molecular weight is 427 g/mol. The summed E-state index contributed by atoms with van der Waals surface area (Å²) in [5.74, 6) is 1.44. The monoisotopic (exact) mass is 426 g/mol. The number of nitrogens with zero attached hydrogens (tertiary/aromatic N) is 4. The predicted octanol–water partition coefficient (Wildman–Crippen LogP) is 4.94. The average Bonchev–Trinajstić information content (AvgIpc) is 3.28. The lowest BCUT2D eigenvalue weighted by Crippen LogP contribution is -2.38. The lowest BCUT2D eigenvalue weighted by Gasteiger charge is -2.30. The van der Waals surface area contributed by atoms with Crippen LogP contribution in [-0.2, 0) is 0 Å². The van der Waals surface area contributed by atoms with Crippen molar-refractivity contribution < 1.29 is 9.53 Å². The molecule has 0 aliphatic carbocycles. The van der Waals surface area contributed by atoms with E-state index in [4.69, 9.17) is 14.8 Å². The van der Waals surface area contributed by atoms with Gasteiger partial charge in [0.05, 0.1) is 18.5 Å². The molecule has 1 amide bonds. The molecule has 0 spiro atoms. The summed E-state index contributed by atoms with van der Waals surface area (Å²) in [7, 11) is 1.65. The van der Waals surface area contributed by atoms with E-state index in [0.717, 1.165) is 54.2 Å². The molecule has 0 bridgehead atoms. The summed E-state index contributed by atoms with van der Waals surface area (Å²) in [5, 5.41) is 4.76. The normalized spacial score (nSPS) is 14.6. The van der Waals surface area contributed by atoms with Crippen molar-refractivity contribution >= 4 is 11.6 Å². The van der Waals surface area contributed by atoms with Crippen LogP contribution in [0.3, 0.4) is 0 Å². The van der Waals surface area contributed by atoms with Crippen LogP contribution in [-0.4, -0.2) is 45.6 Å². The smallest absolute Gasteiger partial charge is 0.272 e. The van der Waals surface area contributed by atoms with Gasteiger partial charge in [0.25, 0.3) is 5.91 Å². The number of amides is 1. The number of rotatable bonds is 4. The highest BCUT2D eigenvalue weighted by Crippen LogP contribution is 2.27. The molecule has 162 valence electrons. The van der Waals surface area contributed by atoms with E-state index in [9.17, 15) is 4.79 Å². The van der Waals surface area contributed by atoms with Gasteiger partial charge in [-0.2, -0.15) is 5.10 Å². The van der Waals surface area contributed by atoms with Crippen LogP contribution in [0, 0.1) is 5.92 Å². The first kappa shape index (κ1) is 20.2. The van der Waals surface area contributed by atoms with Gasteiger partial charge >= 0.3 is 0 Å². The fourth-order valence-electron chi connectivity index (χ4n) is 4.16. The summed E-state index contributed by atoms with van der Waals surface area (Å²) in [6.07, 6.45) is 2.05. The highest BCUT2D eigenvalue weighted by atomic mass is 16.5. The molecule has 1 fully saturated rings. The van der Waals surface area contributed by atoms with Gasteiger partial charge in [0.1, 0.15) is 11.4 Å². The maximum Gasteiger partial charge on any atom is 0.272 e. The molecule has 6 heteroatoms. The number of hydrogen-bond donors (Lipinski definition) is 0. The molecule has 0 unspecified atom stereocenters. The Morgan fingerprint density at radius 3 is 2.31 bits per heavy atom. The van der Waals surface area contributed by atoms with Crippen molar-refractivity contribution in [1.82, 2.24) is 19.5 Å². The van der Waals surface area contributed by atoms with Crippen molar-refractivity contribution in [3.05, 3.63) is 72.4 Å². The Hall–Kier alpha value is -3.67. The van der Waals surface area contributed by atoms with E-state index in [0.29, 0.717) is 17.3 Å². The fraction of sp³-hybridized carbons (Fsp3) is 0.269. The van der Waals surface area contributed by atoms with E-state index in [1.807, 2.05) is 71.6 Å². The molecular formula is C26H26N4O2. The third kappa shape index (κ3) is 3.84. The lowest BCUT2D eigenvalue weighted by atomic mass is 9.99. The van der Waals surface area contributed by atoms with E-state index in [1.54, 1.807) is 11.6 Å². The molecule has 3 heterocycles. The van der Waals surface area contributed by atoms with Crippen LogP contribution in [0.5, 0.6) is 5.75 Å². The number of benzene rings is 2. The minimum atomic E-state index is 0.00164. The van der Waals surface area contributed by atoms with Gasteiger partial charge in [0, 0.05) is 30.3 Å². The van der Waals surface area contributed by atoms with Gasteiger partial charge in [-0.25, -0.2) is 9.50 Å². The molecular weight excluding hydrogens is 400 g/mol. The Bertz CT molecular complexity index is 1240. The summed E-state index contributed by atoms with van der Waals surface area (Å²) >= 11 is 0. The van der Waals surface area contributed by atoms with Gasteiger partial charge in [0.15, 0.2) is 5.65 Å². The van der Waals surface area contributed by atoms with Gasteiger partial charge in [-0.05, 0) is 49.1 Å². The van der Waals surface area contributed by atoms with Crippen LogP contribution in [0.15, 0.2) is 66.7 Å². The Balaban J connectivity index is 1.62. The van der Waals surface area contributed by atoms with Crippen molar-refractivity contribution in [2.75, 3.05) is 20.2 Å². The van der Waals surface area contributed by atoms with E-state index in [-0.39, 0.29) is 5.91 Å². The molecule has 4 aromatic rings. The molecule has 6 nitrogen and oxygen atoms in total. The van der Waals surface area contributed by atoms with Gasteiger partial charge in [-0.15, -0.1) is 0 Å². The quantitative estimate of drug-likeness (QED) is 0.464. The van der Waals surface area contributed by atoms with Gasteiger partial charge in [0.2, 0.25) is 0 Å². The third-order valence-corrected chi connectivity index (χ3v) is 6.17. The van der Waals surface area contributed by atoms with Crippen LogP contribution < -0.4 is 4.74 Å². The fourth-order valence-corrected chi connectivity index (χ4v) is 4.16. The topological polar surface area (TPSA) is 59.7 Å². The molecule has 2 aromatic heterocycles. The van der Waals surface area contributed by atoms with Crippen molar-refractivity contribution in [3.8, 4) is 28.3 Å². The maximum absolute atomic E-state index is 13.6. The van der Waals surface area contributed by atoms with Crippen LogP contribution in [0.25, 0.3) is 28.2 Å². The highest BCUT2D eigenvalue weighted by molar-refractivity contribution is 5.94. The van der Waals surface area contributed by atoms with E-state index in [1.165, 1.54) is 0 Å². The minimum absolute atomic E-state index is 0.00164. The molecule has 5 rings (SSSR count). The lowest BCUT2D eigenvalue weighted by molar-refractivity contribution is 0.0688. The second kappa shape index (κ2) is 8.46. The summed E-state index contributed by atoms with van der Waals surface area (Å²) in [4.78, 5) is 20.3. The summed E-state index contributed by atoms with van der Waals surface area (Å²) in [5.41, 5.74) is 4.66. The third-order valence-electron chi connectivity index (χ3n) is 6.17. The van der Waals surface area contributed by atoms with Gasteiger partial charge < -0.3 is 9.64 Å². The first-order valence-corrected chi connectivity index (χ1v) is 11.0. The number of carbonyl (C=O) groups excluding carboxylic acids is 1. The minimum Gasteiger partial charge on any atom is -0.497 e. The van der Waals surface area contributed by atoms with Crippen molar-refractivity contribution in [2.24, 2.45) is 5.92 Å². The molecule has 32 heavy (non-hydrogen) atoms. The molecule has 0 N–H and O–H groups in total. The summed E-state index contributed by atoms with van der Waals surface area (Å²) < 4.78 is 6.97. The largest absolute Gasteiger partial charge is 0.497 e. The number of carbonyl (C=O) groups is 1. The molecule has 1 aliphatic rings. The molecule has 0 radical (unpaired) electrons. The number of fused-ring (bicyclic) bond motifs is 1. The SMILES string of the molecule is COc1ccc(-c2cc(C(=O)N3CCC(C)CC3)n3nc(-c4ccccc4)cc3n2)cc1. The number of methoxy groups -OCH3 is 1. The summed E-state index contributed by atoms with van der Waals surface area (Å²) in [6.45, 7) is 3.79. The molecule has 0 saturated carbocycles. The van der Waals surface area contributed by atoms with E-state index >= 15 is 0 Å².